The highest BCUT2D eigenvalue weighted by atomic mass is 32.1. The van der Waals surface area contributed by atoms with Crippen molar-refractivity contribution in [1.29, 1.82) is 0 Å². The Kier molecular flexibility index (Phi) is 6.68. The van der Waals surface area contributed by atoms with Crippen LogP contribution in [0.25, 0.3) is 16.0 Å². The average Bonchev–Trinajstić information content (AvgIpc) is 3.50. The molecule has 1 saturated carbocycles. The standard InChI is InChI=1S/C27H26F3N5OS/c1-3-35-14-21(26(33-35)27(28,29)30)18-7-5-4-6-17(18)20-13-34(15-23-19(20)12-24(32-2)37-23)25(36)11-10-22(31)16-8-9-16/h4-7,10-12,14,16,20,22H,3,8-9,13,15,31H2,1H3/b11-10+/t20-,22?/m0/s1. The van der Waals surface area contributed by atoms with E-state index >= 15 is 0 Å². The number of aryl methyl sites for hydroxylation is 1. The van der Waals surface area contributed by atoms with E-state index in [1.807, 2.05) is 0 Å². The second kappa shape index (κ2) is 9.80. The number of rotatable bonds is 6. The third-order valence-electron chi connectivity index (χ3n) is 6.97. The maximum absolute atomic E-state index is 13.9. The molecule has 192 valence electrons. The minimum absolute atomic E-state index is 0.00545. The molecule has 3 heterocycles. The van der Waals surface area contributed by atoms with Gasteiger partial charge in [0.1, 0.15) is 0 Å². The zero-order chi connectivity index (χ0) is 26.3. The van der Waals surface area contributed by atoms with Crippen LogP contribution in [-0.2, 0) is 24.1 Å². The van der Waals surface area contributed by atoms with E-state index in [0.717, 1.165) is 23.3 Å². The molecule has 2 atom stereocenters. The quantitative estimate of drug-likeness (QED) is 0.319. The number of hydrogen-bond donors (Lipinski definition) is 1. The van der Waals surface area contributed by atoms with E-state index in [1.54, 1.807) is 48.2 Å². The third-order valence-corrected chi connectivity index (χ3v) is 8.00. The van der Waals surface area contributed by atoms with Crippen molar-refractivity contribution in [3.05, 3.63) is 81.8 Å². The molecule has 1 unspecified atom stereocenters. The van der Waals surface area contributed by atoms with Crippen LogP contribution in [0.15, 0.2) is 48.7 Å². The number of nitrogens with two attached hydrogens (primary N) is 1. The minimum atomic E-state index is -4.62. The van der Waals surface area contributed by atoms with Crippen LogP contribution in [0, 0.1) is 12.5 Å². The van der Waals surface area contributed by atoms with E-state index in [2.05, 4.69) is 9.94 Å². The second-order valence-corrected chi connectivity index (χ2v) is 10.6. The Bertz CT molecular complexity index is 1400. The Labute approximate surface area is 217 Å². The van der Waals surface area contributed by atoms with E-state index in [1.165, 1.54) is 28.3 Å². The molecule has 0 radical (unpaired) electrons. The Balaban J connectivity index is 1.57. The summed E-state index contributed by atoms with van der Waals surface area (Å²) in [6.07, 6.45) is 2.19. The lowest BCUT2D eigenvalue weighted by Crippen LogP contribution is -2.37. The first-order valence-corrected chi connectivity index (χ1v) is 13.0. The molecule has 2 N–H and O–H groups in total. The summed E-state index contributed by atoms with van der Waals surface area (Å²) in [6, 6.07) is 8.60. The molecule has 1 amide bonds. The van der Waals surface area contributed by atoms with Crippen molar-refractivity contribution < 1.29 is 18.0 Å². The van der Waals surface area contributed by atoms with Gasteiger partial charge in [-0.2, -0.15) is 29.6 Å². The zero-order valence-electron chi connectivity index (χ0n) is 20.2. The van der Waals surface area contributed by atoms with Crippen molar-refractivity contribution in [2.75, 3.05) is 6.54 Å². The molecule has 0 bridgehead atoms. The van der Waals surface area contributed by atoms with Crippen LogP contribution in [0.5, 0.6) is 0 Å². The predicted molar refractivity (Wildman–Crippen MR) is 136 cm³/mol. The van der Waals surface area contributed by atoms with Gasteiger partial charge in [-0.25, -0.2) is 4.85 Å². The highest BCUT2D eigenvalue weighted by Gasteiger charge is 2.39. The number of nitrogens with zero attached hydrogens (tertiary/aromatic N) is 4. The number of amides is 1. The molecular formula is C27H26F3N5OS. The maximum Gasteiger partial charge on any atom is 0.435 e. The summed E-state index contributed by atoms with van der Waals surface area (Å²) in [6.45, 7) is 10.1. The fourth-order valence-electron chi connectivity index (χ4n) is 4.87. The van der Waals surface area contributed by atoms with Gasteiger partial charge in [0.25, 0.3) is 0 Å². The smallest absolute Gasteiger partial charge is 0.333 e. The van der Waals surface area contributed by atoms with Crippen LogP contribution in [0.2, 0.25) is 0 Å². The largest absolute Gasteiger partial charge is 0.435 e. The lowest BCUT2D eigenvalue weighted by molar-refractivity contribution is -0.141. The van der Waals surface area contributed by atoms with Gasteiger partial charge in [-0.3, -0.25) is 9.48 Å². The van der Waals surface area contributed by atoms with Gasteiger partial charge < -0.3 is 10.6 Å². The first kappa shape index (κ1) is 25.2. The summed E-state index contributed by atoms with van der Waals surface area (Å²) < 4.78 is 43.1. The van der Waals surface area contributed by atoms with Gasteiger partial charge >= 0.3 is 6.18 Å². The van der Waals surface area contributed by atoms with Crippen molar-refractivity contribution in [1.82, 2.24) is 14.7 Å². The SMILES string of the molecule is [C-]#[N+]c1cc2c(s1)CN(C(=O)/C=C/C(N)C1CC1)C[C@H]2c1ccccc1-c1cn(CC)nc1C(F)(F)F. The van der Waals surface area contributed by atoms with Crippen molar-refractivity contribution in [2.45, 2.75) is 51.0 Å². The fourth-order valence-corrected chi connectivity index (χ4v) is 5.89. The number of thiophene rings is 1. The molecule has 2 aliphatic rings. The van der Waals surface area contributed by atoms with Crippen molar-refractivity contribution in [3.63, 3.8) is 0 Å². The first-order chi connectivity index (χ1) is 17.7. The number of carbonyl (C=O) groups excluding carboxylic acids is 1. The Hall–Kier alpha value is -3.42. The van der Waals surface area contributed by atoms with Crippen molar-refractivity contribution in [2.24, 2.45) is 11.7 Å². The summed E-state index contributed by atoms with van der Waals surface area (Å²) >= 11 is 1.32. The fraction of sp³-hybridized carbons (Fsp3) is 0.370. The average molecular weight is 526 g/mol. The number of alkyl halides is 3. The maximum atomic E-state index is 13.9. The second-order valence-electron chi connectivity index (χ2n) is 9.45. The summed E-state index contributed by atoms with van der Waals surface area (Å²) in [5, 5.41) is 4.28. The van der Waals surface area contributed by atoms with E-state index in [0.29, 0.717) is 35.1 Å². The Morgan fingerprint density at radius 1 is 1.30 bits per heavy atom. The van der Waals surface area contributed by atoms with Gasteiger partial charge in [-0.05, 0) is 48.4 Å². The summed E-state index contributed by atoms with van der Waals surface area (Å²) in [4.78, 5) is 19.3. The van der Waals surface area contributed by atoms with Crippen LogP contribution in [0.1, 0.15) is 47.4 Å². The molecule has 1 aliphatic carbocycles. The minimum Gasteiger partial charge on any atom is -0.333 e. The van der Waals surface area contributed by atoms with Crippen LogP contribution < -0.4 is 5.73 Å². The molecule has 37 heavy (non-hydrogen) atoms. The number of benzene rings is 1. The molecule has 6 nitrogen and oxygen atoms in total. The highest BCUT2D eigenvalue weighted by Crippen LogP contribution is 2.45. The predicted octanol–water partition coefficient (Wildman–Crippen LogP) is 5.97. The lowest BCUT2D eigenvalue weighted by atomic mass is 9.83. The lowest BCUT2D eigenvalue weighted by Gasteiger charge is -2.34. The molecule has 0 spiro atoms. The molecule has 1 aliphatic heterocycles. The van der Waals surface area contributed by atoms with Gasteiger partial charge in [0, 0.05) is 47.8 Å². The van der Waals surface area contributed by atoms with Gasteiger partial charge in [-0.15, -0.1) is 0 Å². The van der Waals surface area contributed by atoms with Crippen molar-refractivity contribution in [3.8, 4) is 11.1 Å². The molecule has 1 aromatic carbocycles. The van der Waals surface area contributed by atoms with Crippen LogP contribution in [0.3, 0.4) is 0 Å². The highest BCUT2D eigenvalue weighted by molar-refractivity contribution is 7.16. The molecule has 10 heteroatoms. The van der Waals surface area contributed by atoms with E-state index < -0.39 is 17.8 Å². The van der Waals surface area contributed by atoms with Crippen LogP contribution in [0.4, 0.5) is 18.2 Å². The van der Waals surface area contributed by atoms with E-state index in [4.69, 9.17) is 12.3 Å². The Morgan fingerprint density at radius 3 is 2.73 bits per heavy atom. The van der Waals surface area contributed by atoms with E-state index in [-0.39, 0.29) is 24.1 Å². The van der Waals surface area contributed by atoms with Crippen LogP contribution in [-0.4, -0.2) is 33.2 Å². The van der Waals surface area contributed by atoms with Crippen LogP contribution >= 0.6 is 11.3 Å². The van der Waals surface area contributed by atoms with Crippen molar-refractivity contribution >= 4 is 22.2 Å². The summed E-state index contributed by atoms with van der Waals surface area (Å²) in [7, 11) is 0. The third kappa shape index (κ3) is 5.06. The normalized spacial score (nSPS) is 18.6. The summed E-state index contributed by atoms with van der Waals surface area (Å²) in [5.74, 6) is -0.175. The zero-order valence-corrected chi connectivity index (χ0v) is 21.0. The van der Waals surface area contributed by atoms with Gasteiger partial charge in [-0.1, -0.05) is 30.3 Å². The summed E-state index contributed by atoms with van der Waals surface area (Å²) in [5.41, 5.74) is 7.16. The number of halogens is 3. The van der Waals surface area contributed by atoms with Gasteiger partial charge in [0.05, 0.1) is 13.1 Å². The monoisotopic (exact) mass is 525 g/mol. The molecule has 3 aromatic rings. The van der Waals surface area contributed by atoms with Gasteiger partial charge in [0.2, 0.25) is 10.9 Å². The molecular weight excluding hydrogens is 499 g/mol. The molecule has 5 rings (SSSR count). The number of fused-ring (bicyclic) bond motifs is 1. The van der Waals surface area contributed by atoms with E-state index in [9.17, 15) is 18.0 Å². The molecule has 1 fully saturated rings. The first-order valence-electron chi connectivity index (χ1n) is 12.2. The Morgan fingerprint density at radius 2 is 2.05 bits per heavy atom. The van der Waals surface area contributed by atoms with Gasteiger partial charge in [0.15, 0.2) is 5.69 Å². The molecule has 2 aromatic heterocycles. The number of aromatic nitrogens is 2. The topological polar surface area (TPSA) is 68.5 Å². The molecule has 0 saturated heterocycles. The number of carbonyl (C=O) groups is 1. The number of hydrogen-bond acceptors (Lipinski definition) is 4.